The molecule has 4 nitrogen and oxygen atoms in total. The van der Waals surface area contributed by atoms with Gasteiger partial charge in [0, 0.05) is 23.0 Å². The van der Waals surface area contributed by atoms with Gasteiger partial charge in [-0.05, 0) is 39.3 Å². The van der Waals surface area contributed by atoms with Gasteiger partial charge in [0.1, 0.15) is 5.58 Å². The number of halogens is 1. The van der Waals surface area contributed by atoms with Crippen LogP contribution in [0.1, 0.15) is 35.9 Å². The first-order valence-corrected chi connectivity index (χ1v) is 7.19. The lowest BCUT2D eigenvalue weighted by molar-refractivity contribution is 0.0893. The third kappa shape index (κ3) is 3.06. The zero-order valence-corrected chi connectivity index (χ0v) is 13.1. The summed E-state index contributed by atoms with van der Waals surface area (Å²) < 4.78 is 5.70. The number of hydrogen-bond acceptors (Lipinski definition) is 3. The number of hydrogen-bond donors (Lipinski definition) is 2. The van der Waals surface area contributed by atoms with E-state index in [9.17, 15) is 4.79 Å². The van der Waals surface area contributed by atoms with Crippen LogP contribution in [0.25, 0.3) is 11.0 Å². The largest absolute Gasteiger partial charge is 0.451 e. The molecule has 21 heavy (non-hydrogen) atoms. The number of para-hydroxylation sites is 1. The summed E-state index contributed by atoms with van der Waals surface area (Å²) in [7, 11) is 0. The van der Waals surface area contributed by atoms with Gasteiger partial charge in [0.25, 0.3) is 5.91 Å². The number of fused-ring (bicyclic) bond motifs is 1. The zero-order chi connectivity index (χ0) is 14.1. The molecule has 1 aromatic carbocycles. The van der Waals surface area contributed by atoms with Crippen LogP contribution >= 0.6 is 12.4 Å². The number of rotatable bonds is 2. The fourth-order valence-electron chi connectivity index (χ4n) is 2.87. The van der Waals surface area contributed by atoms with E-state index < -0.39 is 0 Å². The van der Waals surface area contributed by atoms with Crippen molar-refractivity contribution < 1.29 is 9.21 Å². The van der Waals surface area contributed by atoms with E-state index in [1.165, 1.54) is 0 Å². The Kier molecular flexibility index (Phi) is 4.91. The van der Waals surface area contributed by atoms with Gasteiger partial charge < -0.3 is 15.1 Å². The molecule has 1 saturated heterocycles. The normalized spacial score (nSPS) is 21.8. The second-order valence-corrected chi connectivity index (χ2v) is 5.52. The summed E-state index contributed by atoms with van der Waals surface area (Å²) in [6.45, 7) is 5.07. The van der Waals surface area contributed by atoms with Crippen molar-refractivity contribution in [2.24, 2.45) is 0 Å². The number of aryl methyl sites for hydroxylation is 1. The average Bonchev–Trinajstić information content (AvgIpc) is 2.79. The summed E-state index contributed by atoms with van der Waals surface area (Å²) in [5.74, 6) is 0.322. The minimum absolute atomic E-state index is 0. The van der Waals surface area contributed by atoms with E-state index in [0.29, 0.717) is 11.8 Å². The van der Waals surface area contributed by atoms with Crippen molar-refractivity contribution in [1.29, 1.82) is 0 Å². The average molecular weight is 309 g/mol. The predicted molar refractivity (Wildman–Crippen MR) is 86.2 cm³/mol. The number of carbonyl (C=O) groups is 1. The van der Waals surface area contributed by atoms with Crippen LogP contribution in [-0.4, -0.2) is 24.5 Å². The number of nitrogens with one attached hydrogen (secondary N) is 2. The van der Waals surface area contributed by atoms with E-state index in [2.05, 4.69) is 17.6 Å². The standard InChI is InChI=1S/C16H20N2O2.ClH/c1-10-12-6-3-4-8-14(12)20-15(10)16(19)18-13-7-5-9-17-11(13)2;/h3-4,6,8,11,13,17H,5,7,9H2,1-2H3,(H,18,19);1H. The van der Waals surface area contributed by atoms with Crippen LogP contribution in [-0.2, 0) is 0 Å². The van der Waals surface area contributed by atoms with E-state index in [1.807, 2.05) is 31.2 Å². The molecule has 0 aliphatic carbocycles. The number of amides is 1. The molecule has 1 fully saturated rings. The van der Waals surface area contributed by atoms with Crippen LogP contribution in [0.2, 0.25) is 0 Å². The first-order chi connectivity index (χ1) is 9.66. The zero-order valence-electron chi connectivity index (χ0n) is 12.3. The monoisotopic (exact) mass is 308 g/mol. The van der Waals surface area contributed by atoms with Gasteiger partial charge in [-0.2, -0.15) is 0 Å². The fourth-order valence-corrected chi connectivity index (χ4v) is 2.87. The summed E-state index contributed by atoms with van der Waals surface area (Å²) in [4.78, 5) is 12.4. The SMILES string of the molecule is Cc1c(C(=O)NC2CCCNC2C)oc2ccccc12.Cl. The van der Waals surface area contributed by atoms with Crippen LogP contribution in [0, 0.1) is 6.92 Å². The highest BCUT2D eigenvalue weighted by Crippen LogP contribution is 2.25. The summed E-state index contributed by atoms with van der Waals surface area (Å²) in [5, 5.41) is 7.48. The van der Waals surface area contributed by atoms with E-state index in [0.717, 1.165) is 35.9 Å². The van der Waals surface area contributed by atoms with Crippen LogP contribution in [0.5, 0.6) is 0 Å². The van der Waals surface area contributed by atoms with Crippen molar-refractivity contribution in [3.05, 3.63) is 35.6 Å². The molecule has 2 N–H and O–H groups in total. The molecule has 5 heteroatoms. The highest BCUT2D eigenvalue weighted by atomic mass is 35.5. The summed E-state index contributed by atoms with van der Waals surface area (Å²) in [6, 6.07) is 8.22. The molecular formula is C16H21ClN2O2. The minimum Gasteiger partial charge on any atom is -0.451 e. The lowest BCUT2D eigenvalue weighted by Gasteiger charge is -2.30. The third-order valence-electron chi connectivity index (χ3n) is 4.13. The molecule has 0 spiro atoms. The van der Waals surface area contributed by atoms with Crippen molar-refractivity contribution in [2.75, 3.05) is 6.54 Å². The van der Waals surface area contributed by atoms with Gasteiger partial charge in [-0.15, -0.1) is 12.4 Å². The Labute approximate surface area is 130 Å². The van der Waals surface area contributed by atoms with Gasteiger partial charge in [0.2, 0.25) is 0 Å². The summed E-state index contributed by atoms with van der Waals surface area (Å²) in [5.41, 5.74) is 1.68. The van der Waals surface area contributed by atoms with Gasteiger partial charge in [0.15, 0.2) is 5.76 Å². The second kappa shape index (κ2) is 6.50. The van der Waals surface area contributed by atoms with Crippen molar-refractivity contribution >= 4 is 29.3 Å². The fraction of sp³-hybridized carbons (Fsp3) is 0.438. The Balaban J connectivity index is 0.00000161. The predicted octanol–water partition coefficient (Wildman–Crippen LogP) is 3.03. The van der Waals surface area contributed by atoms with Crippen molar-refractivity contribution in [3.63, 3.8) is 0 Å². The number of furan rings is 1. The molecule has 1 aliphatic heterocycles. The Morgan fingerprint density at radius 3 is 2.86 bits per heavy atom. The van der Waals surface area contributed by atoms with Crippen molar-refractivity contribution in [2.45, 2.75) is 38.8 Å². The van der Waals surface area contributed by atoms with Crippen molar-refractivity contribution in [1.82, 2.24) is 10.6 Å². The third-order valence-corrected chi connectivity index (χ3v) is 4.13. The Hall–Kier alpha value is -1.52. The number of piperidine rings is 1. The first kappa shape index (κ1) is 15.9. The molecule has 0 saturated carbocycles. The topological polar surface area (TPSA) is 54.3 Å². The molecule has 0 radical (unpaired) electrons. The molecule has 1 aliphatic rings. The summed E-state index contributed by atoms with van der Waals surface area (Å²) in [6.07, 6.45) is 2.10. The van der Waals surface area contributed by atoms with Gasteiger partial charge >= 0.3 is 0 Å². The maximum absolute atomic E-state index is 12.4. The highest BCUT2D eigenvalue weighted by molar-refractivity contribution is 5.99. The van der Waals surface area contributed by atoms with E-state index in [-0.39, 0.29) is 24.4 Å². The van der Waals surface area contributed by atoms with Gasteiger partial charge in [-0.25, -0.2) is 0 Å². The second-order valence-electron chi connectivity index (χ2n) is 5.52. The van der Waals surface area contributed by atoms with Crippen LogP contribution in [0.15, 0.2) is 28.7 Å². The van der Waals surface area contributed by atoms with E-state index >= 15 is 0 Å². The number of benzene rings is 1. The highest BCUT2D eigenvalue weighted by Gasteiger charge is 2.25. The first-order valence-electron chi connectivity index (χ1n) is 7.19. The van der Waals surface area contributed by atoms with Gasteiger partial charge in [0.05, 0.1) is 0 Å². The van der Waals surface area contributed by atoms with Crippen LogP contribution in [0.3, 0.4) is 0 Å². The molecule has 0 bridgehead atoms. The molecule has 3 rings (SSSR count). The number of carbonyl (C=O) groups excluding carboxylic acids is 1. The Morgan fingerprint density at radius 1 is 1.38 bits per heavy atom. The Morgan fingerprint density at radius 2 is 2.14 bits per heavy atom. The molecule has 114 valence electrons. The molecule has 2 unspecified atom stereocenters. The smallest absolute Gasteiger partial charge is 0.287 e. The van der Waals surface area contributed by atoms with Crippen molar-refractivity contribution in [3.8, 4) is 0 Å². The van der Waals surface area contributed by atoms with Crippen LogP contribution < -0.4 is 10.6 Å². The minimum atomic E-state index is -0.112. The Bertz CT molecular complexity index is 638. The maximum atomic E-state index is 12.4. The lowest BCUT2D eigenvalue weighted by atomic mass is 9.99. The van der Waals surface area contributed by atoms with Gasteiger partial charge in [-0.1, -0.05) is 18.2 Å². The van der Waals surface area contributed by atoms with E-state index in [1.54, 1.807) is 0 Å². The quantitative estimate of drug-likeness (QED) is 0.896. The molecule has 2 aromatic rings. The van der Waals surface area contributed by atoms with E-state index in [4.69, 9.17) is 4.42 Å². The maximum Gasteiger partial charge on any atom is 0.287 e. The molecule has 1 amide bonds. The molecule has 2 heterocycles. The molecule has 1 aromatic heterocycles. The van der Waals surface area contributed by atoms with Gasteiger partial charge in [-0.3, -0.25) is 4.79 Å². The summed E-state index contributed by atoms with van der Waals surface area (Å²) >= 11 is 0. The molecular weight excluding hydrogens is 288 g/mol. The molecule has 2 atom stereocenters. The van der Waals surface area contributed by atoms with Crippen LogP contribution in [0.4, 0.5) is 0 Å². The lowest BCUT2D eigenvalue weighted by Crippen LogP contribution is -2.51.